The van der Waals surface area contributed by atoms with Gasteiger partial charge < -0.3 is 10.4 Å². The summed E-state index contributed by atoms with van der Waals surface area (Å²) in [5.41, 5.74) is 2.47. The lowest BCUT2D eigenvalue weighted by Gasteiger charge is -2.05. The molecule has 0 radical (unpaired) electrons. The number of aryl methyl sites for hydroxylation is 1. The molecule has 88 valence electrons. The summed E-state index contributed by atoms with van der Waals surface area (Å²) in [5.74, 6) is -0.995. The topological polar surface area (TPSA) is 62.2 Å². The predicted molar refractivity (Wildman–Crippen MR) is 67.6 cm³/mol. The summed E-state index contributed by atoms with van der Waals surface area (Å²) < 4.78 is 0. The molecule has 0 aliphatic rings. The first kappa shape index (κ1) is 11.6. The zero-order valence-corrected chi connectivity index (χ0v) is 10.1. The zero-order chi connectivity index (χ0) is 12.3. The van der Waals surface area contributed by atoms with Gasteiger partial charge in [-0.2, -0.15) is 0 Å². The van der Waals surface area contributed by atoms with Crippen LogP contribution in [0.3, 0.4) is 0 Å². The molecule has 0 spiro atoms. The Morgan fingerprint density at radius 2 is 2.24 bits per heavy atom. The molecule has 0 saturated carbocycles. The van der Waals surface area contributed by atoms with Gasteiger partial charge in [0.25, 0.3) is 0 Å². The van der Waals surface area contributed by atoms with E-state index in [4.69, 9.17) is 5.11 Å². The van der Waals surface area contributed by atoms with Crippen molar-refractivity contribution < 1.29 is 9.90 Å². The Labute approximate surface area is 103 Å². The highest BCUT2D eigenvalue weighted by atomic mass is 32.1. The Kier molecular flexibility index (Phi) is 3.39. The molecule has 1 heterocycles. The molecule has 1 aromatic carbocycles. The number of aromatic carboxylic acids is 1. The van der Waals surface area contributed by atoms with Crippen molar-refractivity contribution in [2.75, 3.05) is 5.32 Å². The lowest BCUT2D eigenvalue weighted by molar-refractivity contribution is 0.0691. The fraction of sp³-hybridized carbons (Fsp3) is 0.167. The minimum Gasteiger partial charge on any atom is -0.476 e. The van der Waals surface area contributed by atoms with Crippen molar-refractivity contribution >= 4 is 22.4 Å². The first-order valence-corrected chi connectivity index (χ1v) is 6.02. The van der Waals surface area contributed by atoms with Gasteiger partial charge in [0.05, 0.1) is 0 Å². The number of carbonyl (C=O) groups is 1. The third-order valence-corrected chi connectivity index (χ3v) is 3.21. The van der Waals surface area contributed by atoms with Crippen molar-refractivity contribution in [2.45, 2.75) is 13.5 Å². The largest absolute Gasteiger partial charge is 0.476 e. The van der Waals surface area contributed by atoms with Gasteiger partial charge in [0.15, 0.2) is 10.8 Å². The van der Waals surface area contributed by atoms with Gasteiger partial charge in [0.2, 0.25) is 0 Å². The molecule has 2 aromatic rings. The van der Waals surface area contributed by atoms with E-state index in [0.717, 1.165) is 0 Å². The predicted octanol–water partition coefficient (Wildman–Crippen LogP) is 2.76. The first-order valence-electron chi connectivity index (χ1n) is 5.14. The fourth-order valence-electron chi connectivity index (χ4n) is 1.43. The standard InChI is InChI=1S/C12H12N2O2S/c1-8-4-2-3-5-9(8)6-13-12-14-10(7-17-12)11(15)16/h2-5,7H,6H2,1H3,(H,13,14)(H,15,16). The van der Waals surface area contributed by atoms with Gasteiger partial charge in [-0.1, -0.05) is 24.3 Å². The minimum atomic E-state index is -0.995. The molecule has 5 heteroatoms. The van der Waals surface area contributed by atoms with E-state index >= 15 is 0 Å². The van der Waals surface area contributed by atoms with Crippen LogP contribution in [0.2, 0.25) is 0 Å². The van der Waals surface area contributed by atoms with Gasteiger partial charge in [-0.25, -0.2) is 9.78 Å². The fourth-order valence-corrected chi connectivity index (χ4v) is 2.12. The maximum atomic E-state index is 10.7. The molecule has 4 nitrogen and oxygen atoms in total. The Bertz CT molecular complexity index is 537. The van der Waals surface area contributed by atoms with Gasteiger partial charge in [0.1, 0.15) is 0 Å². The number of thiazole rings is 1. The monoisotopic (exact) mass is 248 g/mol. The maximum absolute atomic E-state index is 10.7. The Morgan fingerprint density at radius 3 is 2.88 bits per heavy atom. The Balaban J connectivity index is 2.02. The number of hydrogen-bond donors (Lipinski definition) is 2. The normalized spacial score (nSPS) is 10.2. The number of hydrogen-bond acceptors (Lipinski definition) is 4. The van der Waals surface area contributed by atoms with Crippen LogP contribution in [0.25, 0.3) is 0 Å². The second-order valence-corrected chi connectivity index (χ2v) is 4.48. The highest BCUT2D eigenvalue weighted by Gasteiger charge is 2.08. The van der Waals surface area contributed by atoms with E-state index in [-0.39, 0.29) is 5.69 Å². The number of anilines is 1. The third-order valence-electron chi connectivity index (χ3n) is 2.41. The van der Waals surface area contributed by atoms with Gasteiger partial charge in [0, 0.05) is 11.9 Å². The van der Waals surface area contributed by atoms with Crippen LogP contribution in [0.4, 0.5) is 5.13 Å². The number of nitrogens with one attached hydrogen (secondary N) is 1. The van der Waals surface area contributed by atoms with E-state index < -0.39 is 5.97 Å². The van der Waals surface area contributed by atoms with E-state index in [1.54, 1.807) is 0 Å². The van der Waals surface area contributed by atoms with E-state index in [0.29, 0.717) is 11.7 Å². The molecule has 17 heavy (non-hydrogen) atoms. The van der Waals surface area contributed by atoms with Crippen molar-refractivity contribution in [1.82, 2.24) is 4.98 Å². The van der Waals surface area contributed by atoms with E-state index in [2.05, 4.69) is 10.3 Å². The van der Waals surface area contributed by atoms with Crippen LogP contribution < -0.4 is 5.32 Å². The summed E-state index contributed by atoms with van der Waals surface area (Å²) in [6, 6.07) is 8.05. The molecule has 1 aromatic heterocycles. The molecule has 0 aliphatic carbocycles. The molecule has 0 aliphatic heterocycles. The lowest BCUT2D eigenvalue weighted by atomic mass is 10.1. The Morgan fingerprint density at radius 1 is 1.47 bits per heavy atom. The van der Waals surface area contributed by atoms with E-state index in [9.17, 15) is 4.79 Å². The summed E-state index contributed by atoms with van der Waals surface area (Å²) >= 11 is 1.30. The number of benzene rings is 1. The highest BCUT2D eigenvalue weighted by Crippen LogP contribution is 2.17. The summed E-state index contributed by atoms with van der Waals surface area (Å²) in [4.78, 5) is 14.6. The number of nitrogens with zero attached hydrogens (tertiary/aromatic N) is 1. The van der Waals surface area contributed by atoms with Crippen LogP contribution in [0.15, 0.2) is 29.6 Å². The molecule has 0 saturated heterocycles. The SMILES string of the molecule is Cc1ccccc1CNc1nc(C(=O)O)cs1. The number of aromatic nitrogens is 1. The van der Waals surface area contributed by atoms with Crippen LogP contribution in [-0.4, -0.2) is 16.1 Å². The second kappa shape index (κ2) is 4.97. The van der Waals surface area contributed by atoms with Crippen molar-refractivity contribution in [3.63, 3.8) is 0 Å². The summed E-state index contributed by atoms with van der Waals surface area (Å²) in [6.45, 7) is 2.70. The van der Waals surface area contributed by atoms with Crippen LogP contribution in [0.1, 0.15) is 21.6 Å². The zero-order valence-electron chi connectivity index (χ0n) is 9.30. The molecule has 0 unspecified atom stereocenters. The number of rotatable bonds is 4. The number of carboxylic acid groups (broad SMARTS) is 1. The van der Waals surface area contributed by atoms with Crippen molar-refractivity contribution in [3.05, 3.63) is 46.5 Å². The maximum Gasteiger partial charge on any atom is 0.355 e. The summed E-state index contributed by atoms with van der Waals surface area (Å²) in [7, 11) is 0. The molecule has 0 bridgehead atoms. The molecule has 0 amide bonds. The lowest BCUT2D eigenvalue weighted by Crippen LogP contribution is -2.02. The average molecular weight is 248 g/mol. The quantitative estimate of drug-likeness (QED) is 0.873. The van der Waals surface area contributed by atoms with Gasteiger partial charge >= 0.3 is 5.97 Å². The van der Waals surface area contributed by atoms with Crippen molar-refractivity contribution in [3.8, 4) is 0 Å². The third kappa shape index (κ3) is 2.82. The molecule has 0 fully saturated rings. The smallest absolute Gasteiger partial charge is 0.355 e. The number of carboxylic acids is 1. The van der Waals surface area contributed by atoms with Gasteiger partial charge in [-0.05, 0) is 18.1 Å². The van der Waals surface area contributed by atoms with Crippen LogP contribution in [0, 0.1) is 6.92 Å². The van der Waals surface area contributed by atoms with Crippen LogP contribution >= 0.6 is 11.3 Å². The van der Waals surface area contributed by atoms with Crippen LogP contribution in [0.5, 0.6) is 0 Å². The second-order valence-electron chi connectivity index (χ2n) is 3.62. The molecular formula is C12H12N2O2S. The Hall–Kier alpha value is -1.88. The minimum absolute atomic E-state index is 0.0854. The van der Waals surface area contributed by atoms with Crippen molar-refractivity contribution in [1.29, 1.82) is 0 Å². The molecule has 2 N–H and O–H groups in total. The van der Waals surface area contributed by atoms with Gasteiger partial charge in [-0.15, -0.1) is 11.3 Å². The van der Waals surface area contributed by atoms with E-state index in [1.165, 1.54) is 27.8 Å². The molecular weight excluding hydrogens is 236 g/mol. The molecule has 2 rings (SSSR count). The van der Waals surface area contributed by atoms with Gasteiger partial charge in [-0.3, -0.25) is 0 Å². The van der Waals surface area contributed by atoms with E-state index in [1.807, 2.05) is 31.2 Å². The summed E-state index contributed by atoms with van der Waals surface area (Å²) in [5, 5.41) is 14.0. The van der Waals surface area contributed by atoms with Crippen LogP contribution in [-0.2, 0) is 6.54 Å². The first-order chi connectivity index (χ1) is 8.16. The summed E-state index contributed by atoms with van der Waals surface area (Å²) in [6.07, 6.45) is 0. The highest BCUT2D eigenvalue weighted by molar-refractivity contribution is 7.13. The molecule has 0 atom stereocenters. The average Bonchev–Trinajstić information content (AvgIpc) is 2.77. The van der Waals surface area contributed by atoms with Crippen molar-refractivity contribution in [2.24, 2.45) is 0 Å².